The number of hydrogen-bond donors (Lipinski definition) is 0. The molecular weight excluding hydrogens is 542 g/mol. The van der Waals surface area contributed by atoms with Crippen LogP contribution in [-0.2, 0) is 15.7 Å². The Hall–Kier alpha value is -2.69. The van der Waals surface area contributed by atoms with Crippen LogP contribution >= 0.6 is 26.3 Å². The number of carbonyl (C=O) groups is 1. The molecule has 0 N–H and O–H groups in total. The van der Waals surface area contributed by atoms with Crippen LogP contribution < -0.4 is 20.7 Å². The molecule has 0 spiro atoms. The van der Waals surface area contributed by atoms with E-state index in [0.29, 0.717) is 5.75 Å². The third-order valence-electron chi connectivity index (χ3n) is 5.85. The Morgan fingerprint density at radius 2 is 1.21 bits per heavy atom. The monoisotopic (exact) mass is 568 g/mol. The number of hydrogen-bond acceptors (Lipinski definition) is 3. The quantitative estimate of drug-likeness (QED) is 0.157. The first-order valence-corrected chi connectivity index (χ1v) is 15.9. The minimum absolute atomic E-state index is 0.107. The minimum atomic E-state index is -2.94. The summed E-state index contributed by atoms with van der Waals surface area (Å²) in [6.45, 7) is -0.107. The predicted molar refractivity (Wildman–Crippen MR) is 147 cm³/mol. The zero-order valence-electron chi connectivity index (χ0n) is 18.4. The van der Waals surface area contributed by atoms with Crippen molar-refractivity contribution in [3.05, 3.63) is 121 Å². The van der Waals surface area contributed by atoms with E-state index in [1.54, 1.807) is 0 Å². The first-order valence-electron chi connectivity index (χ1n) is 10.7. The van der Waals surface area contributed by atoms with Crippen molar-refractivity contribution in [2.75, 3.05) is 13.7 Å². The molecule has 5 heteroatoms. The summed E-state index contributed by atoms with van der Waals surface area (Å²) in [6.07, 6.45) is 0.819. The summed E-state index contributed by atoms with van der Waals surface area (Å²) in [4.78, 5) is 11.6. The third kappa shape index (κ3) is 4.68. The van der Waals surface area contributed by atoms with Crippen molar-refractivity contribution in [1.82, 2.24) is 0 Å². The first kappa shape index (κ1) is 23.5. The molecular formula is C28H26IO3P. The zero-order valence-corrected chi connectivity index (χ0v) is 21.5. The van der Waals surface area contributed by atoms with E-state index in [1.807, 2.05) is 18.2 Å². The fourth-order valence-electron chi connectivity index (χ4n) is 4.22. The molecule has 0 aliphatic heterocycles. The van der Waals surface area contributed by atoms with E-state index in [-0.39, 0.29) is 6.61 Å². The number of esters is 1. The molecule has 0 aromatic heterocycles. The molecule has 0 fully saturated rings. The van der Waals surface area contributed by atoms with Gasteiger partial charge in [-0.25, -0.2) is 0 Å². The number of ether oxygens (including phenoxy) is 2. The van der Waals surface area contributed by atoms with Gasteiger partial charge in [-0.2, -0.15) is 0 Å². The van der Waals surface area contributed by atoms with Crippen molar-refractivity contribution in [3.63, 3.8) is 0 Å². The van der Waals surface area contributed by atoms with Crippen LogP contribution in [-0.4, -0.2) is 19.7 Å². The Balaban J connectivity index is 1.90. The van der Waals surface area contributed by atoms with E-state index in [9.17, 15) is 4.79 Å². The van der Waals surface area contributed by atoms with E-state index < -0.39 is 10.2 Å². The summed E-state index contributed by atoms with van der Waals surface area (Å²) in [6, 6.07) is 40.5. The molecule has 0 saturated carbocycles. The number of carbonyl (C=O) groups excluding carboxylic acids is 1. The van der Waals surface area contributed by atoms with Gasteiger partial charge in [0, 0.05) is 0 Å². The zero-order chi connectivity index (χ0) is 23.2. The molecule has 4 rings (SSSR count). The molecule has 4 aromatic rings. The van der Waals surface area contributed by atoms with Crippen LogP contribution in [0.1, 0.15) is 5.56 Å². The average molecular weight is 568 g/mol. The Morgan fingerprint density at radius 3 is 1.67 bits per heavy atom. The average Bonchev–Trinajstić information content (AvgIpc) is 2.89. The number of halogens is 1. The van der Waals surface area contributed by atoms with Crippen molar-refractivity contribution in [2.24, 2.45) is 0 Å². The SMILES string of the molecule is COC(=O)COc1cccc(CP(I)(c2ccccc2)(c2ccccc2)c2ccccc2)c1. The fraction of sp³-hybridized carbons (Fsp3) is 0.107. The van der Waals surface area contributed by atoms with Gasteiger partial charge >= 0.3 is 209 Å². The Kier molecular flexibility index (Phi) is 7.16. The molecule has 0 aliphatic rings. The van der Waals surface area contributed by atoms with Gasteiger partial charge in [0.1, 0.15) is 0 Å². The maximum absolute atomic E-state index is 11.6. The van der Waals surface area contributed by atoms with Gasteiger partial charge in [0.25, 0.3) is 0 Å². The summed E-state index contributed by atoms with van der Waals surface area (Å²) in [5.74, 6) is 0.264. The molecule has 0 atom stereocenters. The van der Waals surface area contributed by atoms with Crippen molar-refractivity contribution < 1.29 is 14.3 Å². The van der Waals surface area contributed by atoms with E-state index in [0.717, 1.165) is 11.7 Å². The van der Waals surface area contributed by atoms with Crippen molar-refractivity contribution in [3.8, 4) is 5.75 Å². The van der Waals surface area contributed by atoms with E-state index >= 15 is 0 Å². The normalized spacial score (nSPS) is 12.4. The van der Waals surface area contributed by atoms with Crippen LogP contribution in [0.2, 0.25) is 0 Å². The molecule has 0 saturated heterocycles. The van der Waals surface area contributed by atoms with Gasteiger partial charge in [0.15, 0.2) is 0 Å². The van der Waals surface area contributed by atoms with Gasteiger partial charge in [-0.1, -0.05) is 0 Å². The molecule has 0 heterocycles. The van der Waals surface area contributed by atoms with Crippen molar-refractivity contribution >= 4 is 48.2 Å². The van der Waals surface area contributed by atoms with E-state index in [1.165, 1.54) is 23.0 Å². The summed E-state index contributed by atoms with van der Waals surface area (Å²) in [5, 5.41) is 3.96. The van der Waals surface area contributed by atoms with E-state index in [2.05, 4.69) is 119 Å². The van der Waals surface area contributed by atoms with Gasteiger partial charge < -0.3 is 0 Å². The number of benzene rings is 4. The van der Waals surface area contributed by atoms with Crippen LogP contribution in [0.4, 0.5) is 0 Å². The van der Waals surface area contributed by atoms with E-state index in [4.69, 9.17) is 9.47 Å². The van der Waals surface area contributed by atoms with Crippen LogP contribution in [0.3, 0.4) is 0 Å². The summed E-state index contributed by atoms with van der Waals surface area (Å²) < 4.78 is 7.48. The molecule has 4 aromatic carbocycles. The first-order chi connectivity index (χ1) is 16.0. The standard InChI is InChI=1S/C28H26IO3P/c1-31-28(30)21-32-24-13-11-12-23(20-24)22-33(29,25-14-5-2-6-15-25,26-16-7-3-8-17-26)27-18-9-4-10-19-27/h2-20H,21-22H2,1H3. The van der Waals surface area contributed by atoms with Gasteiger partial charge in [0.2, 0.25) is 0 Å². The predicted octanol–water partition coefficient (Wildman–Crippen LogP) is 5.62. The van der Waals surface area contributed by atoms with Crippen molar-refractivity contribution in [2.45, 2.75) is 6.16 Å². The fourth-order valence-corrected chi connectivity index (χ4v) is 13.0. The molecule has 0 aliphatic carbocycles. The van der Waals surface area contributed by atoms with Crippen LogP contribution in [0.25, 0.3) is 0 Å². The second kappa shape index (κ2) is 10.1. The molecule has 0 bridgehead atoms. The van der Waals surface area contributed by atoms with Gasteiger partial charge in [-0.3, -0.25) is 0 Å². The van der Waals surface area contributed by atoms with Gasteiger partial charge in [-0.15, -0.1) is 0 Å². The number of rotatable bonds is 8. The second-order valence-electron chi connectivity index (χ2n) is 7.86. The molecule has 3 nitrogen and oxygen atoms in total. The summed E-state index contributed by atoms with van der Waals surface area (Å²) in [7, 11) is 1.36. The van der Waals surface area contributed by atoms with Crippen LogP contribution in [0.15, 0.2) is 115 Å². The summed E-state index contributed by atoms with van der Waals surface area (Å²) >= 11 is 2.77. The van der Waals surface area contributed by atoms with Gasteiger partial charge in [0.05, 0.1) is 0 Å². The van der Waals surface area contributed by atoms with Crippen LogP contribution in [0.5, 0.6) is 5.75 Å². The number of methoxy groups -OCH3 is 1. The molecule has 0 unspecified atom stereocenters. The maximum atomic E-state index is 11.6. The third-order valence-corrected chi connectivity index (χ3v) is 17.0. The molecule has 33 heavy (non-hydrogen) atoms. The molecule has 0 radical (unpaired) electrons. The van der Waals surface area contributed by atoms with Crippen LogP contribution in [0, 0.1) is 0 Å². The summed E-state index contributed by atoms with van der Waals surface area (Å²) in [5.41, 5.74) is 1.15. The Labute approximate surface area is 208 Å². The van der Waals surface area contributed by atoms with Crippen molar-refractivity contribution in [1.29, 1.82) is 0 Å². The molecule has 0 amide bonds. The van der Waals surface area contributed by atoms with Gasteiger partial charge in [-0.05, 0) is 0 Å². The Bertz CT molecular complexity index is 1110. The molecule has 168 valence electrons. The Morgan fingerprint density at radius 1 is 0.727 bits per heavy atom. The second-order valence-corrected chi connectivity index (χ2v) is 18.5. The topological polar surface area (TPSA) is 35.5 Å².